The van der Waals surface area contributed by atoms with E-state index in [-0.39, 0.29) is 23.8 Å². The molecule has 1 aromatic rings. The molecule has 29 heavy (non-hydrogen) atoms. The molecule has 1 aromatic heterocycles. The fourth-order valence-electron chi connectivity index (χ4n) is 4.54. The number of H-pyrrole nitrogens is 1. The molecular weight excluding hydrogens is 370 g/mol. The summed E-state index contributed by atoms with van der Waals surface area (Å²) in [7, 11) is 0. The average Bonchev–Trinajstić information content (AvgIpc) is 3.48. The molecule has 0 unspecified atom stereocenters. The standard InChI is InChI=1S/C21H33N5O3/c1-13-19(23-14(2)22-13)21(28)25-17-4-3-15(20(27)24-16-5-6-16)11-26(12-17)18-7-9-29-10-8-18/h15-18H,3-12H2,1-2H3,(H,22,23)(H,24,27)(H,25,28)/t15-,17+/m1/s1. The second-order valence-electron chi connectivity index (χ2n) is 8.82. The summed E-state index contributed by atoms with van der Waals surface area (Å²) in [5, 5.41) is 6.36. The zero-order chi connectivity index (χ0) is 20.4. The van der Waals surface area contributed by atoms with Gasteiger partial charge in [0.05, 0.1) is 5.92 Å². The topological polar surface area (TPSA) is 99.3 Å². The second-order valence-corrected chi connectivity index (χ2v) is 8.82. The van der Waals surface area contributed by atoms with Crippen LogP contribution in [0.4, 0.5) is 0 Å². The van der Waals surface area contributed by atoms with Crippen LogP contribution < -0.4 is 10.6 Å². The Morgan fingerprint density at radius 1 is 1.00 bits per heavy atom. The molecule has 1 aliphatic carbocycles. The van der Waals surface area contributed by atoms with Crippen LogP contribution in [0.15, 0.2) is 0 Å². The smallest absolute Gasteiger partial charge is 0.272 e. The van der Waals surface area contributed by atoms with Crippen molar-refractivity contribution >= 4 is 11.8 Å². The number of rotatable bonds is 5. The van der Waals surface area contributed by atoms with Crippen molar-refractivity contribution in [1.82, 2.24) is 25.5 Å². The number of nitrogens with zero attached hydrogens (tertiary/aromatic N) is 2. The molecule has 1 saturated carbocycles. The highest BCUT2D eigenvalue weighted by Gasteiger charge is 2.35. The fourth-order valence-corrected chi connectivity index (χ4v) is 4.54. The van der Waals surface area contributed by atoms with Crippen LogP contribution in [0, 0.1) is 19.8 Å². The number of hydrogen-bond donors (Lipinski definition) is 3. The summed E-state index contributed by atoms with van der Waals surface area (Å²) in [6.07, 6.45) is 5.76. The molecule has 4 rings (SSSR count). The largest absolute Gasteiger partial charge is 0.381 e. The predicted octanol–water partition coefficient (Wildman–Crippen LogP) is 1.29. The maximum absolute atomic E-state index is 12.8. The highest BCUT2D eigenvalue weighted by Crippen LogP contribution is 2.25. The molecule has 3 heterocycles. The highest BCUT2D eigenvalue weighted by molar-refractivity contribution is 5.93. The lowest BCUT2D eigenvalue weighted by molar-refractivity contribution is -0.126. The molecule has 3 N–H and O–H groups in total. The summed E-state index contributed by atoms with van der Waals surface area (Å²) in [6.45, 7) is 6.79. The molecule has 8 nitrogen and oxygen atoms in total. The van der Waals surface area contributed by atoms with Gasteiger partial charge < -0.3 is 20.4 Å². The molecule has 2 aliphatic heterocycles. The van der Waals surface area contributed by atoms with Crippen molar-refractivity contribution in [3.05, 3.63) is 17.2 Å². The lowest BCUT2D eigenvalue weighted by Gasteiger charge is -2.36. The van der Waals surface area contributed by atoms with Gasteiger partial charge in [0.25, 0.3) is 5.91 Å². The van der Waals surface area contributed by atoms with Gasteiger partial charge in [0.1, 0.15) is 11.5 Å². The highest BCUT2D eigenvalue weighted by atomic mass is 16.5. The first-order chi connectivity index (χ1) is 14.0. The van der Waals surface area contributed by atoms with Crippen molar-refractivity contribution in [2.75, 3.05) is 26.3 Å². The maximum atomic E-state index is 12.8. The van der Waals surface area contributed by atoms with Gasteiger partial charge in [0.2, 0.25) is 5.91 Å². The maximum Gasteiger partial charge on any atom is 0.272 e. The van der Waals surface area contributed by atoms with Crippen LogP contribution >= 0.6 is 0 Å². The van der Waals surface area contributed by atoms with Crippen molar-refractivity contribution in [3.8, 4) is 0 Å². The zero-order valence-corrected chi connectivity index (χ0v) is 17.5. The minimum atomic E-state index is -0.135. The van der Waals surface area contributed by atoms with E-state index in [0.717, 1.165) is 76.3 Å². The second kappa shape index (κ2) is 8.83. The number of likely N-dealkylation sites (tertiary alicyclic amines) is 1. The summed E-state index contributed by atoms with van der Waals surface area (Å²) in [6, 6.07) is 0.802. The summed E-state index contributed by atoms with van der Waals surface area (Å²) in [5.41, 5.74) is 1.25. The van der Waals surface area contributed by atoms with Crippen LogP contribution in [0.2, 0.25) is 0 Å². The van der Waals surface area contributed by atoms with Gasteiger partial charge >= 0.3 is 0 Å². The van der Waals surface area contributed by atoms with Crippen molar-refractivity contribution in [2.45, 2.75) is 70.5 Å². The summed E-state index contributed by atoms with van der Waals surface area (Å²) in [4.78, 5) is 35.4. The van der Waals surface area contributed by atoms with Gasteiger partial charge in [-0.1, -0.05) is 0 Å². The first-order valence-corrected chi connectivity index (χ1v) is 11.0. The molecular formula is C21H33N5O3. The van der Waals surface area contributed by atoms with Crippen LogP contribution in [0.3, 0.4) is 0 Å². The van der Waals surface area contributed by atoms with Gasteiger partial charge in [-0.05, 0) is 52.4 Å². The van der Waals surface area contributed by atoms with Gasteiger partial charge in [0.15, 0.2) is 0 Å². The summed E-state index contributed by atoms with van der Waals surface area (Å²) in [5.74, 6) is 0.767. The normalized spacial score (nSPS) is 26.7. The Kier molecular flexibility index (Phi) is 6.20. The van der Waals surface area contributed by atoms with Crippen molar-refractivity contribution in [3.63, 3.8) is 0 Å². The van der Waals surface area contributed by atoms with Gasteiger partial charge in [-0.25, -0.2) is 4.98 Å². The van der Waals surface area contributed by atoms with Gasteiger partial charge in [-0.3, -0.25) is 14.5 Å². The third kappa shape index (κ3) is 5.17. The molecule has 3 fully saturated rings. The van der Waals surface area contributed by atoms with E-state index in [1.807, 2.05) is 13.8 Å². The van der Waals surface area contributed by atoms with Crippen LogP contribution in [-0.2, 0) is 9.53 Å². The van der Waals surface area contributed by atoms with Crippen molar-refractivity contribution in [1.29, 1.82) is 0 Å². The lowest BCUT2D eigenvalue weighted by atomic mass is 10.00. The average molecular weight is 404 g/mol. The number of aromatic nitrogens is 2. The number of aromatic amines is 1. The van der Waals surface area contributed by atoms with E-state index in [1.54, 1.807) is 0 Å². The van der Waals surface area contributed by atoms with E-state index in [0.29, 0.717) is 17.8 Å². The van der Waals surface area contributed by atoms with Crippen molar-refractivity contribution in [2.24, 2.45) is 5.92 Å². The number of ether oxygens (including phenoxy) is 1. The number of nitrogens with one attached hydrogen (secondary N) is 3. The Morgan fingerprint density at radius 3 is 2.38 bits per heavy atom. The summed E-state index contributed by atoms with van der Waals surface area (Å²) >= 11 is 0. The quantitative estimate of drug-likeness (QED) is 0.688. The van der Waals surface area contributed by atoms with Crippen LogP contribution in [0.25, 0.3) is 0 Å². The van der Waals surface area contributed by atoms with E-state index >= 15 is 0 Å². The van der Waals surface area contributed by atoms with Crippen LogP contribution in [0.5, 0.6) is 0 Å². The molecule has 0 aromatic carbocycles. The third-order valence-corrected chi connectivity index (χ3v) is 6.33. The van der Waals surface area contributed by atoms with E-state index in [9.17, 15) is 9.59 Å². The van der Waals surface area contributed by atoms with Gasteiger partial charge in [-0.2, -0.15) is 0 Å². The predicted molar refractivity (Wildman–Crippen MR) is 109 cm³/mol. The number of carbonyl (C=O) groups excluding carboxylic acids is 2. The number of imidazole rings is 1. The van der Waals surface area contributed by atoms with E-state index in [4.69, 9.17) is 4.74 Å². The molecule has 3 aliphatic rings. The molecule has 0 radical (unpaired) electrons. The number of hydrogen-bond acceptors (Lipinski definition) is 5. The van der Waals surface area contributed by atoms with E-state index in [1.165, 1.54) is 0 Å². The summed E-state index contributed by atoms with van der Waals surface area (Å²) < 4.78 is 5.53. The SMILES string of the molecule is Cc1nc(C(=O)N[C@H]2CC[C@@H](C(=O)NC3CC3)CN(C3CCOCC3)C2)c(C)[nH]1. The zero-order valence-electron chi connectivity index (χ0n) is 17.5. The molecule has 160 valence electrons. The number of amides is 2. The molecule has 2 atom stereocenters. The van der Waals surface area contributed by atoms with E-state index < -0.39 is 0 Å². The van der Waals surface area contributed by atoms with Crippen molar-refractivity contribution < 1.29 is 14.3 Å². The van der Waals surface area contributed by atoms with Gasteiger partial charge in [0, 0.05) is 50.1 Å². The Balaban J connectivity index is 1.44. The number of aryl methyl sites for hydroxylation is 2. The monoisotopic (exact) mass is 403 g/mol. The Labute approximate surface area is 172 Å². The first kappa shape index (κ1) is 20.3. The van der Waals surface area contributed by atoms with Crippen LogP contribution in [0.1, 0.15) is 60.5 Å². The molecule has 2 amide bonds. The Bertz CT molecular complexity index is 739. The Hall–Kier alpha value is -1.93. The first-order valence-electron chi connectivity index (χ1n) is 11.0. The molecule has 8 heteroatoms. The lowest BCUT2D eigenvalue weighted by Crippen LogP contribution is -2.49. The van der Waals surface area contributed by atoms with Gasteiger partial charge in [-0.15, -0.1) is 0 Å². The molecule has 0 bridgehead atoms. The minimum absolute atomic E-state index is 0.0143. The van der Waals surface area contributed by atoms with Crippen LogP contribution in [-0.4, -0.2) is 71.1 Å². The third-order valence-electron chi connectivity index (χ3n) is 6.33. The minimum Gasteiger partial charge on any atom is -0.381 e. The fraction of sp³-hybridized carbons (Fsp3) is 0.762. The Morgan fingerprint density at radius 2 is 1.72 bits per heavy atom. The molecule has 2 saturated heterocycles. The number of carbonyl (C=O) groups is 2. The van der Waals surface area contributed by atoms with E-state index in [2.05, 4.69) is 25.5 Å². The molecule has 0 spiro atoms.